The Morgan fingerprint density at radius 2 is 2.16 bits per heavy atom. The van der Waals surface area contributed by atoms with Crippen LogP contribution in [0.3, 0.4) is 0 Å². The standard InChI is InChI=1S/C16H20N6O2.HI/c1-11-19-14(21-24-11)9-18-16(17-2)20-12-8-15(23)22(10-12)13-6-4-3-5-7-13;/h3-7,12H,8-10H2,1-2H3,(H2,17,18,20);1H. The van der Waals surface area contributed by atoms with Gasteiger partial charge in [0.2, 0.25) is 11.8 Å². The van der Waals surface area contributed by atoms with E-state index in [1.165, 1.54) is 0 Å². The van der Waals surface area contributed by atoms with Crippen LogP contribution < -0.4 is 15.5 Å². The molecule has 0 saturated carbocycles. The summed E-state index contributed by atoms with van der Waals surface area (Å²) in [4.78, 5) is 22.3. The van der Waals surface area contributed by atoms with E-state index in [0.29, 0.717) is 37.2 Å². The Morgan fingerprint density at radius 3 is 2.80 bits per heavy atom. The van der Waals surface area contributed by atoms with E-state index in [4.69, 9.17) is 4.52 Å². The molecule has 0 spiro atoms. The lowest BCUT2D eigenvalue weighted by Gasteiger charge is -2.18. The molecule has 1 fully saturated rings. The number of amides is 1. The van der Waals surface area contributed by atoms with Crippen molar-refractivity contribution in [1.82, 2.24) is 20.8 Å². The topological polar surface area (TPSA) is 95.6 Å². The minimum atomic E-state index is -0.00379. The minimum Gasteiger partial charge on any atom is -0.351 e. The van der Waals surface area contributed by atoms with Gasteiger partial charge in [0.15, 0.2) is 11.8 Å². The summed E-state index contributed by atoms with van der Waals surface area (Å²) in [6, 6.07) is 9.66. The van der Waals surface area contributed by atoms with Crippen molar-refractivity contribution < 1.29 is 9.32 Å². The first kappa shape index (κ1) is 19.2. The second-order valence-corrected chi connectivity index (χ2v) is 5.54. The molecule has 2 N–H and O–H groups in total. The van der Waals surface area contributed by atoms with Gasteiger partial charge in [-0.15, -0.1) is 24.0 Å². The Labute approximate surface area is 163 Å². The maximum Gasteiger partial charge on any atom is 0.229 e. The van der Waals surface area contributed by atoms with Gasteiger partial charge < -0.3 is 20.1 Å². The molecule has 1 aromatic heterocycles. The molecular formula is C16H21IN6O2. The van der Waals surface area contributed by atoms with Gasteiger partial charge in [-0.25, -0.2) is 0 Å². The van der Waals surface area contributed by atoms with Gasteiger partial charge >= 0.3 is 0 Å². The predicted molar refractivity (Wildman–Crippen MR) is 105 cm³/mol. The quantitative estimate of drug-likeness (QED) is 0.411. The van der Waals surface area contributed by atoms with E-state index in [2.05, 4.69) is 25.8 Å². The summed E-state index contributed by atoms with van der Waals surface area (Å²) in [5.41, 5.74) is 0.914. The average Bonchev–Trinajstić information content (AvgIpc) is 3.17. The third-order valence-electron chi connectivity index (χ3n) is 3.74. The predicted octanol–water partition coefficient (Wildman–Crippen LogP) is 1.47. The molecule has 1 aliphatic heterocycles. The maximum atomic E-state index is 12.2. The third kappa shape index (κ3) is 4.91. The molecule has 1 aromatic carbocycles. The highest BCUT2D eigenvalue weighted by atomic mass is 127. The molecule has 3 rings (SSSR count). The number of rotatable bonds is 4. The van der Waals surface area contributed by atoms with Gasteiger partial charge in [-0.05, 0) is 12.1 Å². The lowest BCUT2D eigenvalue weighted by Crippen LogP contribution is -2.44. The molecule has 9 heteroatoms. The number of aliphatic imine (C=N–C) groups is 1. The SMILES string of the molecule is CN=C(NCc1noc(C)n1)NC1CC(=O)N(c2ccccc2)C1.I. The summed E-state index contributed by atoms with van der Waals surface area (Å²) in [7, 11) is 1.68. The number of guanidine groups is 1. The van der Waals surface area contributed by atoms with Crippen molar-refractivity contribution in [2.75, 3.05) is 18.5 Å². The fraction of sp³-hybridized carbons (Fsp3) is 0.375. The van der Waals surface area contributed by atoms with E-state index < -0.39 is 0 Å². The molecule has 25 heavy (non-hydrogen) atoms. The van der Waals surface area contributed by atoms with Crippen LogP contribution in [0.15, 0.2) is 39.8 Å². The Hall–Kier alpha value is -2.17. The van der Waals surface area contributed by atoms with Gasteiger partial charge in [0, 0.05) is 32.6 Å². The summed E-state index contributed by atoms with van der Waals surface area (Å²) < 4.78 is 4.93. The number of hydrogen-bond donors (Lipinski definition) is 2. The van der Waals surface area contributed by atoms with Crippen LogP contribution in [0.25, 0.3) is 0 Å². The van der Waals surface area contributed by atoms with Crippen molar-refractivity contribution in [2.24, 2.45) is 4.99 Å². The summed E-state index contributed by atoms with van der Waals surface area (Å²) in [6.07, 6.45) is 0.427. The number of nitrogens with one attached hydrogen (secondary N) is 2. The fourth-order valence-corrected chi connectivity index (χ4v) is 2.63. The molecule has 0 radical (unpaired) electrons. The van der Waals surface area contributed by atoms with Gasteiger partial charge in [0.05, 0.1) is 12.6 Å². The third-order valence-corrected chi connectivity index (χ3v) is 3.74. The van der Waals surface area contributed by atoms with Gasteiger partial charge in [0.1, 0.15) is 0 Å². The first-order chi connectivity index (χ1) is 11.7. The zero-order valence-electron chi connectivity index (χ0n) is 14.1. The van der Waals surface area contributed by atoms with Crippen LogP contribution in [0, 0.1) is 6.92 Å². The van der Waals surface area contributed by atoms with Crippen molar-refractivity contribution in [2.45, 2.75) is 25.9 Å². The molecule has 0 aliphatic carbocycles. The highest BCUT2D eigenvalue weighted by molar-refractivity contribution is 14.0. The molecular weight excluding hydrogens is 435 g/mol. The smallest absolute Gasteiger partial charge is 0.229 e. The molecule has 2 aromatic rings. The fourth-order valence-electron chi connectivity index (χ4n) is 2.63. The van der Waals surface area contributed by atoms with E-state index in [-0.39, 0.29) is 35.9 Å². The van der Waals surface area contributed by atoms with Crippen molar-refractivity contribution >= 4 is 41.5 Å². The van der Waals surface area contributed by atoms with Crippen LogP contribution in [0.5, 0.6) is 0 Å². The summed E-state index contributed by atoms with van der Waals surface area (Å²) in [5.74, 6) is 1.78. The van der Waals surface area contributed by atoms with E-state index in [0.717, 1.165) is 5.69 Å². The minimum absolute atomic E-state index is 0. The number of aromatic nitrogens is 2. The number of carbonyl (C=O) groups is 1. The number of para-hydroxylation sites is 1. The zero-order chi connectivity index (χ0) is 16.9. The van der Waals surface area contributed by atoms with Crippen LogP contribution >= 0.6 is 24.0 Å². The number of aryl methyl sites for hydroxylation is 1. The highest BCUT2D eigenvalue weighted by Crippen LogP contribution is 2.20. The molecule has 134 valence electrons. The van der Waals surface area contributed by atoms with Crippen LogP contribution in [-0.4, -0.2) is 41.6 Å². The lowest BCUT2D eigenvalue weighted by molar-refractivity contribution is -0.117. The van der Waals surface area contributed by atoms with Gasteiger partial charge in [-0.3, -0.25) is 9.79 Å². The Bertz CT molecular complexity index is 733. The number of hydrogen-bond acceptors (Lipinski definition) is 5. The first-order valence-electron chi connectivity index (χ1n) is 7.77. The second-order valence-electron chi connectivity index (χ2n) is 5.54. The van der Waals surface area contributed by atoms with Crippen LogP contribution in [0.1, 0.15) is 18.1 Å². The Morgan fingerprint density at radius 1 is 1.40 bits per heavy atom. The molecule has 8 nitrogen and oxygen atoms in total. The average molecular weight is 456 g/mol. The van der Waals surface area contributed by atoms with Gasteiger partial charge in [-0.1, -0.05) is 23.4 Å². The second kappa shape index (κ2) is 8.79. The van der Waals surface area contributed by atoms with Crippen molar-refractivity contribution in [3.63, 3.8) is 0 Å². The monoisotopic (exact) mass is 456 g/mol. The van der Waals surface area contributed by atoms with Gasteiger partial charge in [-0.2, -0.15) is 4.98 Å². The number of benzene rings is 1. The highest BCUT2D eigenvalue weighted by Gasteiger charge is 2.31. The van der Waals surface area contributed by atoms with Crippen LogP contribution in [0.2, 0.25) is 0 Å². The van der Waals surface area contributed by atoms with Crippen LogP contribution in [0.4, 0.5) is 5.69 Å². The van der Waals surface area contributed by atoms with E-state index in [9.17, 15) is 4.79 Å². The Kier molecular flexibility index (Phi) is 6.73. The van der Waals surface area contributed by atoms with Gasteiger partial charge in [0.25, 0.3) is 0 Å². The molecule has 1 aliphatic rings. The van der Waals surface area contributed by atoms with Crippen LogP contribution in [-0.2, 0) is 11.3 Å². The Balaban J connectivity index is 0.00000225. The first-order valence-corrected chi connectivity index (χ1v) is 7.77. The van der Waals surface area contributed by atoms with E-state index in [1.54, 1.807) is 18.9 Å². The normalized spacial score (nSPS) is 17.4. The molecule has 1 unspecified atom stereocenters. The zero-order valence-corrected chi connectivity index (χ0v) is 16.4. The van der Waals surface area contributed by atoms with E-state index in [1.807, 2.05) is 30.3 Å². The summed E-state index contributed by atoms with van der Waals surface area (Å²) in [6.45, 7) is 2.75. The van der Waals surface area contributed by atoms with Crippen molar-refractivity contribution in [3.05, 3.63) is 42.0 Å². The number of nitrogens with zero attached hydrogens (tertiary/aromatic N) is 4. The van der Waals surface area contributed by atoms with Crippen molar-refractivity contribution in [3.8, 4) is 0 Å². The number of halogens is 1. The summed E-state index contributed by atoms with van der Waals surface area (Å²) >= 11 is 0. The van der Waals surface area contributed by atoms with Crippen molar-refractivity contribution in [1.29, 1.82) is 0 Å². The maximum absolute atomic E-state index is 12.2. The lowest BCUT2D eigenvalue weighted by atomic mass is 10.2. The molecule has 0 bridgehead atoms. The molecule has 1 atom stereocenters. The molecule has 2 heterocycles. The van der Waals surface area contributed by atoms with E-state index >= 15 is 0 Å². The largest absolute Gasteiger partial charge is 0.351 e. The number of anilines is 1. The summed E-state index contributed by atoms with van der Waals surface area (Å²) in [5, 5.41) is 10.2. The molecule has 1 amide bonds. The molecule has 1 saturated heterocycles. The number of carbonyl (C=O) groups excluding carboxylic acids is 1.